The predicted molar refractivity (Wildman–Crippen MR) is 131 cm³/mol. The van der Waals surface area contributed by atoms with E-state index in [2.05, 4.69) is 10.2 Å². The lowest BCUT2D eigenvalue weighted by Crippen LogP contribution is -2.55. The van der Waals surface area contributed by atoms with Crippen LogP contribution in [-0.4, -0.2) is 48.6 Å². The molecule has 1 heterocycles. The van der Waals surface area contributed by atoms with Crippen LogP contribution in [0.15, 0.2) is 24.3 Å². The highest BCUT2D eigenvalue weighted by atomic mass is 16.6. The summed E-state index contributed by atoms with van der Waals surface area (Å²) >= 11 is 0. The summed E-state index contributed by atoms with van der Waals surface area (Å²) in [5, 5.41) is 2.81. The topological polar surface area (TPSA) is 79.0 Å². The smallest absolute Gasteiger partial charge is 0.408 e. The van der Waals surface area contributed by atoms with Crippen molar-refractivity contribution in [3.63, 3.8) is 0 Å². The van der Waals surface area contributed by atoms with Crippen molar-refractivity contribution in [2.45, 2.75) is 91.3 Å². The number of fused-ring (bicyclic) bond motifs is 1. The fourth-order valence-corrected chi connectivity index (χ4v) is 4.45. The van der Waals surface area contributed by atoms with E-state index in [1.165, 1.54) is 6.42 Å². The normalized spacial score (nSPS) is 20.2. The molecule has 1 aliphatic carbocycles. The van der Waals surface area contributed by atoms with Gasteiger partial charge in [-0.3, -0.25) is 9.59 Å². The van der Waals surface area contributed by atoms with Gasteiger partial charge in [-0.1, -0.05) is 52.2 Å². The number of hydrogen-bond donors (Lipinski definition) is 1. The molecule has 0 spiro atoms. The lowest BCUT2D eigenvalue weighted by Gasteiger charge is -2.37. The van der Waals surface area contributed by atoms with Crippen molar-refractivity contribution in [2.75, 3.05) is 22.9 Å². The molecule has 1 aromatic carbocycles. The fourth-order valence-electron chi connectivity index (χ4n) is 4.45. The SMILES string of the molecule is CC(C)(C)OC(=O)N[C@@H]1CN(C2CCCCC2)c2ccccc2N(CC(=O)C(C)(C)C)C1=O. The molecule has 1 atom stereocenters. The maximum atomic E-state index is 13.8. The third kappa shape index (κ3) is 6.27. The van der Waals surface area contributed by atoms with Crippen LogP contribution in [0.1, 0.15) is 73.6 Å². The highest BCUT2D eigenvalue weighted by Gasteiger charge is 2.39. The highest BCUT2D eigenvalue weighted by Crippen LogP contribution is 2.37. The number of hydrogen-bond acceptors (Lipinski definition) is 5. The number of ketones is 1. The summed E-state index contributed by atoms with van der Waals surface area (Å²) in [5.41, 5.74) is 0.400. The molecule has 1 fully saturated rings. The molecule has 0 saturated heterocycles. The van der Waals surface area contributed by atoms with Crippen molar-refractivity contribution in [2.24, 2.45) is 5.41 Å². The second kappa shape index (κ2) is 9.74. The van der Waals surface area contributed by atoms with Crippen LogP contribution < -0.4 is 15.1 Å². The van der Waals surface area contributed by atoms with Gasteiger partial charge in [-0.05, 0) is 45.7 Å². The Kier molecular flexibility index (Phi) is 7.39. The first-order chi connectivity index (χ1) is 15.4. The lowest BCUT2D eigenvalue weighted by atomic mass is 9.90. The molecule has 0 unspecified atom stereocenters. The number of nitrogens with zero attached hydrogens (tertiary/aromatic N) is 2. The molecule has 33 heavy (non-hydrogen) atoms. The molecule has 2 aliphatic rings. The Bertz CT molecular complexity index is 878. The average Bonchev–Trinajstić information content (AvgIpc) is 2.83. The molecule has 3 rings (SSSR count). The first kappa shape index (κ1) is 25.1. The minimum Gasteiger partial charge on any atom is -0.444 e. The van der Waals surface area contributed by atoms with E-state index >= 15 is 0 Å². The highest BCUT2D eigenvalue weighted by molar-refractivity contribution is 6.07. The van der Waals surface area contributed by atoms with E-state index < -0.39 is 23.2 Å². The zero-order chi connectivity index (χ0) is 24.4. The van der Waals surface area contributed by atoms with Gasteiger partial charge in [-0.2, -0.15) is 0 Å². The van der Waals surface area contributed by atoms with Gasteiger partial charge in [0.25, 0.3) is 5.91 Å². The van der Waals surface area contributed by atoms with Gasteiger partial charge in [0.1, 0.15) is 11.6 Å². The Morgan fingerprint density at radius 1 is 1.00 bits per heavy atom. The molecule has 1 saturated carbocycles. The molecule has 0 bridgehead atoms. The first-order valence-corrected chi connectivity index (χ1v) is 12.1. The Hall–Kier alpha value is -2.57. The van der Waals surface area contributed by atoms with Crippen LogP contribution in [0.2, 0.25) is 0 Å². The average molecular weight is 458 g/mol. The van der Waals surface area contributed by atoms with Crippen LogP contribution in [-0.2, 0) is 14.3 Å². The summed E-state index contributed by atoms with van der Waals surface area (Å²) in [6.45, 7) is 11.3. The van der Waals surface area contributed by atoms with E-state index in [0.29, 0.717) is 6.54 Å². The maximum Gasteiger partial charge on any atom is 0.408 e. The van der Waals surface area contributed by atoms with Crippen LogP contribution >= 0.6 is 0 Å². The van der Waals surface area contributed by atoms with Crippen molar-refractivity contribution in [3.05, 3.63) is 24.3 Å². The Morgan fingerprint density at radius 2 is 1.61 bits per heavy atom. The van der Waals surface area contributed by atoms with Crippen LogP contribution in [0, 0.1) is 5.41 Å². The Balaban J connectivity index is 2.00. The summed E-state index contributed by atoms with van der Waals surface area (Å²) in [7, 11) is 0. The van der Waals surface area contributed by atoms with Crippen LogP contribution in [0.4, 0.5) is 16.2 Å². The van der Waals surface area contributed by atoms with Crippen LogP contribution in [0.25, 0.3) is 0 Å². The van der Waals surface area contributed by atoms with Crippen molar-refractivity contribution >= 4 is 29.2 Å². The number of rotatable bonds is 4. The molecule has 0 aromatic heterocycles. The van der Waals surface area contributed by atoms with Crippen molar-refractivity contribution < 1.29 is 19.1 Å². The van der Waals surface area contributed by atoms with Gasteiger partial charge < -0.3 is 19.9 Å². The standard InChI is InChI=1S/C26H39N3O4/c1-25(2,3)22(30)17-29-21-15-11-10-14-20(21)28(18-12-8-7-9-13-18)16-19(23(29)31)27-24(32)33-26(4,5)6/h10-11,14-15,18-19H,7-9,12-13,16-17H2,1-6H3,(H,27,32)/t19-/m1/s1. The zero-order valence-electron chi connectivity index (χ0n) is 20.9. The minimum absolute atomic E-state index is 0.0345. The minimum atomic E-state index is -0.818. The van der Waals surface area contributed by atoms with Crippen LogP contribution in [0.3, 0.4) is 0 Å². The second-order valence-corrected chi connectivity index (χ2v) is 11.2. The number of nitrogens with one attached hydrogen (secondary N) is 1. The zero-order valence-corrected chi connectivity index (χ0v) is 20.9. The number of Topliss-reactive ketones (excluding diaryl/α,β-unsaturated/α-hetero) is 1. The number of para-hydroxylation sites is 2. The van der Waals surface area contributed by atoms with Gasteiger partial charge in [0.15, 0.2) is 5.78 Å². The molecule has 1 N–H and O–H groups in total. The van der Waals surface area contributed by atoms with Gasteiger partial charge in [-0.15, -0.1) is 0 Å². The molecular weight excluding hydrogens is 418 g/mol. The summed E-state index contributed by atoms with van der Waals surface area (Å²) in [5.74, 6) is -0.322. The number of amides is 2. The molecule has 0 radical (unpaired) electrons. The predicted octanol–water partition coefficient (Wildman–Crippen LogP) is 4.68. The van der Waals surface area contributed by atoms with Gasteiger partial charge >= 0.3 is 6.09 Å². The van der Waals surface area contributed by atoms with Crippen molar-refractivity contribution in [3.8, 4) is 0 Å². The number of anilines is 2. The lowest BCUT2D eigenvalue weighted by molar-refractivity contribution is -0.127. The summed E-state index contributed by atoms with van der Waals surface area (Å²) in [6.07, 6.45) is 4.97. The van der Waals surface area contributed by atoms with Gasteiger partial charge in [-0.25, -0.2) is 4.79 Å². The van der Waals surface area contributed by atoms with Crippen LogP contribution in [0.5, 0.6) is 0 Å². The number of carbonyl (C=O) groups is 3. The van der Waals surface area contributed by atoms with E-state index in [1.54, 1.807) is 25.7 Å². The number of carbonyl (C=O) groups excluding carboxylic acids is 3. The molecule has 7 nitrogen and oxygen atoms in total. The molecular formula is C26H39N3O4. The number of ether oxygens (including phenoxy) is 1. The Morgan fingerprint density at radius 3 is 2.18 bits per heavy atom. The largest absolute Gasteiger partial charge is 0.444 e. The molecule has 182 valence electrons. The maximum absolute atomic E-state index is 13.8. The third-order valence-corrected chi connectivity index (χ3v) is 6.27. The fraction of sp³-hybridized carbons (Fsp3) is 0.654. The molecule has 2 amide bonds. The summed E-state index contributed by atoms with van der Waals surface area (Å²) < 4.78 is 5.45. The third-order valence-electron chi connectivity index (χ3n) is 6.27. The molecule has 1 aromatic rings. The summed E-state index contributed by atoms with van der Waals surface area (Å²) in [6, 6.07) is 7.23. The summed E-state index contributed by atoms with van der Waals surface area (Å²) in [4.78, 5) is 43.2. The van der Waals surface area contributed by atoms with Crippen molar-refractivity contribution in [1.29, 1.82) is 0 Å². The first-order valence-electron chi connectivity index (χ1n) is 12.1. The van der Waals surface area contributed by atoms with Gasteiger partial charge in [0.05, 0.1) is 17.9 Å². The monoisotopic (exact) mass is 457 g/mol. The van der Waals surface area contributed by atoms with E-state index in [-0.39, 0.29) is 24.3 Å². The second-order valence-electron chi connectivity index (χ2n) is 11.2. The number of benzene rings is 1. The molecule has 7 heteroatoms. The number of alkyl carbamates (subject to hydrolysis) is 1. The molecule has 1 aliphatic heterocycles. The van der Waals surface area contributed by atoms with E-state index in [9.17, 15) is 14.4 Å². The Labute approximate surface area is 197 Å². The van der Waals surface area contributed by atoms with Gasteiger partial charge in [0, 0.05) is 18.0 Å². The van der Waals surface area contributed by atoms with E-state index in [1.807, 2.05) is 45.0 Å². The van der Waals surface area contributed by atoms with Crippen molar-refractivity contribution in [1.82, 2.24) is 5.32 Å². The van der Waals surface area contributed by atoms with E-state index in [0.717, 1.165) is 37.1 Å². The van der Waals surface area contributed by atoms with Gasteiger partial charge in [0.2, 0.25) is 0 Å². The van der Waals surface area contributed by atoms with E-state index in [4.69, 9.17) is 4.74 Å². The quantitative estimate of drug-likeness (QED) is 0.710.